The van der Waals surface area contributed by atoms with Crippen LogP contribution in [0.5, 0.6) is 0 Å². The van der Waals surface area contributed by atoms with Crippen molar-refractivity contribution in [2.75, 3.05) is 0 Å². The Morgan fingerprint density at radius 2 is 2.25 bits per heavy atom. The molecule has 0 aliphatic carbocycles. The van der Waals surface area contributed by atoms with Crippen molar-refractivity contribution in [1.29, 1.82) is 0 Å². The van der Waals surface area contributed by atoms with E-state index >= 15 is 0 Å². The normalized spacial score (nSPS) is 10.9. The van der Waals surface area contributed by atoms with Gasteiger partial charge < -0.3 is 4.52 Å². The van der Waals surface area contributed by atoms with Gasteiger partial charge in [0.1, 0.15) is 17.2 Å². The topological polar surface area (TPSA) is 86.7 Å². The Kier molecular flexibility index (Phi) is 3.15. The Labute approximate surface area is 117 Å². The molecule has 0 fully saturated rings. The summed E-state index contributed by atoms with van der Waals surface area (Å²) >= 11 is 1.09. The van der Waals surface area contributed by atoms with Gasteiger partial charge in [-0.1, -0.05) is 16.5 Å². The van der Waals surface area contributed by atoms with E-state index in [1.165, 1.54) is 4.68 Å². The largest absolute Gasteiger partial charge is 0.337 e. The number of hydrogen-bond donors (Lipinski definition) is 0. The van der Waals surface area contributed by atoms with Crippen molar-refractivity contribution >= 4 is 11.3 Å². The van der Waals surface area contributed by atoms with Gasteiger partial charge in [0.05, 0.1) is 0 Å². The summed E-state index contributed by atoms with van der Waals surface area (Å²) in [6, 6.07) is 3.76. The van der Waals surface area contributed by atoms with Gasteiger partial charge in [-0.25, -0.2) is 4.68 Å². The van der Waals surface area contributed by atoms with Crippen molar-refractivity contribution in [1.82, 2.24) is 24.9 Å². The first-order valence-corrected chi connectivity index (χ1v) is 6.73. The van der Waals surface area contributed by atoms with Gasteiger partial charge in [0.25, 0.3) is 0 Å². The van der Waals surface area contributed by atoms with Gasteiger partial charge in [-0.15, -0.1) is 0 Å². The summed E-state index contributed by atoms with van der Waals surface area (Å²) in [5, 5.41) is 8.66. The maximum atomic E-state index is 11.6. The molecule has 0 atom stereocenters. The Morgan fingerprint density at radius 3 is 2.95 bits per heavy atom. The number of nitrogens with zero attached hydrogens (tertiary/aromatic N) is 5. The molecule has 0 radical (unpaired) electrons. The molecule has 0 aliphatic heterocycles. The Bertz CT molecular complexity index is 804. The van der Waals surface area contributed by atoms with E-state index in [2.05, 4.69) is 20.2 Å². The highest BCUT2D eigenvalue weighted by atomic mass is 32.1. The van der Waals surface area contributed by atoms with Gasteiger partial charge in [0.15, 0.2) is 0 Å². The average Bonchev–Trinajstić information content (AvgIpc) is 2.97. The molecule has 20 heavy (non-hydrogen) atoms. The van der Waals surface area contributed by atoms with Crippen LogP contribution in [0.4, 0.5) is 0 Å². The lowest BCUT2D eigenvalue weighted by Crippen LogP contribution is -2.15. The van der Waals surface area contributed by atoms with Gasteiger partial charge in [-0.05, 0) is 31.5 Å². The summed E-state index contributed by atoms with van der Waals surface area (Å²) in [7, 11) is 0. The summed E-state index contributed by atoms with van der Waals surface area (Å²) in [5.41, 5.74) is 1.70. The van der Waals surface area contributed by atoms with Crippen molar-refractivity contribution in [3.63, 3.8) is 0 Å². The molecule has 0 unspecified atom stereocenters. The second-order valence-corrected chi connectivity index (χ2v) is 5.42. The van der Waals surface area contributed by atoms with Crippen LogP contribution in [0.25, 0.3) is 11.5 Å². The van der Waals surface area contributed by atoms with Gasteiger partial charge in [-0.2, -0.15) is 10.1 Å². The van der Waals surface area contributed by atoms with Crippen LogP contribution in [0, 0.1) is 13.8 Å². The summed E-state index contributed by atoms with van der Waals surface area (Å²) in [5.74, 6) is 0.736. The third-order valence-electron chi connectivity index (χ3n) is 2.60. The molecule has 0 saturated heterocycles. The minimum Gasteiger partial charge on any atom is -0.337 e. The van der Waals surface area contributed by atoms with Crippen LogP contribution in [0.1, 0.15) is 16.5 Å². The first-order valence-electron chi connectivity index (χ1n) is 5.92. The van der Waals surface area contributed by atoms with Crippen LogP contribution in [-0.4, -0.2) is 24.9 Å². The molecule has 0 saturated carbocycles. The summed E-state index contributed by atoms with van der Waals surface area (Å²) in [6.45, 7) is 3.91. The molecule has 102 valence electrons. The molecule has 0 aliphatic rings. The third-order valence-corrected chi connectivity index (χ3v) is 3.37. The first kappa shape index (κ1) is 12.7. The summed E-state index contributed by atoms with van der Waals surface area (Å²) < 4.78 is 6.44. The lowest BCUT2D eigenvalue weighted by Gasteiger charge is -1.94. The van der Waals surface area contributed by atoms with E-state index in [1.807, 2.05) is 19.1 Å². The van der Waals surface area contributed by atoms with Gasteiger partial charge in [0, 0.05) is 6.20 Å². The predicted octanol–water partition coefficient (Wildman–Crippen LogP) is 1.41. The predicted molar refractivity (Wildman–Crippen MR) is 72.5 cm³/mol. The zero-order valence-electron chi connectivity index (χ0n) is 10.9. The Morgan fingerprint density at radius 1 is 1.40 bits per heavy atom. The molecular weight excluding hydrogens is 278 g/mol. The minimum atomic E-state index is -0.143. The van der Waals surface area contributed by atoms with E-state index < -0.39 is 0 Å². The van der Waals surface area contributed by atoms with E-state index in [1.54, 1.807) is 13.1 Å². The second kappa shape index (κ2) is 4.97. The zero-order chi connectivity index (χ0) is 14.1. The van der Waals surface area contributed by atoms with Crippen molar-refractivity contribution < 1.29 is 4.52 Å². The van der Waals surface area contributed by atoms with Gasteiger partial charge in [0.2, 0.25) is 11.7 Å². The Hall–Kier alpha value is -2.35. The van der Waals surface area contributed by atoms with Crippen molar-refractivity contribution in [2.24, 2.45) is 0 Å². The third kappa shape index (κ3) is 2.50. The van der Waals surface area contributed by atoms with Crippen molar-refractivity contribution in [3.05, 3.63) is 44.5 Å². The number of pyridine rings is 1. The lowest BCUT2D eigenvalue weighted by molar-refractivity contribution is 0.364. The van der Waals surface area contributed by atoms with E-state index in [9.17, 15) is 4.79 Å². The summed E-state index contributed by atoms with van der Waals surface area (Å²) in [6.07, 6.45) is 1.69. The molecule has 0 spiro atoms. The quantitative estimate of drug-likeness (QED) is 0.724. The van der Waals surface area contributed by atoms with Crippen LogP contribution >= 0.6 is 11.3 Å². The number of hydrogen-bond acceptors (Lipinski definition) is 7. The molecule has 0 N–H and O–H groups in total. The van der Waals surface area contributed by atoms with Gasteiger partial charge in [-0.3, -0.25) is 9.78 Å². The molecule has 0 aromatic carbocycles. The number of rotatable bonds is 3. The van der Waals surface area contributed by atoms with Crippen molar-refractivity contribution in [2.45, 2.75) is 20.4 Å². The highest BCUT2D eigenvalue weighted by Gasteiger charge is 2.12. The van der Waals surface area contributed by atoms with Crippen LogP contribution in [0.15, 0.2) is 27.6 Å². The molecule has 3 rings (SSSR count). The molecular formula is C12H11N5O2S. The minimum absolute atomic E-state index is 0.143. The SMILES string of the molecule is Cc1ccnc(-c2noc(Cn3nc(C)sc3=O)n2)c1. The lowest BCUT2D eigenvalue weighted by atomic mass is 10.2. The maximum Gasteiger partial charge on any atom is 0.325 e. The van der Waals surface area contributed by atoms with Crippen LogP contribution in [0.3, 0.4) is 0 Å². The average molecular weight is 289 g/mol. The molecule has 3 aromatic rings. The molecule has 0 bridgehead atoms. The highest BCUT2D eigenvalue weighted by Crippen LogP contribution is 2.14. The van der Waals surface area contributed by atoms with Crippen LogP contribution in [-0.2, 0) is 6.54 Å². The van der Waals surface area contributed by atoms with E-state index in [0.29, 0.717) is 22.4 Å². The fraction of sp³-hybridized carbons (Fsp3) is 0.250. The highest BCUT2D eigenvalue weighted by molar-refractivity contribution is 7.08. The molecule has 8 heteroatoms. The fourth-order valence-electron chi connectivity index (χ4n) is 1.72. The van der Waals surface area contributed by atoms with Gasteiger partial charge >= 0.3 is 4.87 Å². The smallest absolute Gasteiger partial charge is 0.325 e. The summed E-state index contributed by atoms with van der Waals surface area (Å²) in [4.78, 5) is 19.9. The van der Waals surface area contributed by atoms with Crippen LogP contribution in [0.2, 0.25) is 0 Å². The monoisotopic (exact) mass is 289 g/mol. The number of aromatic nitrogens is 5. The maximum absolute atomic E-state index is 11.6. The van der Waals surface area contributed by atoms with Crippen molar-refractivity contribution in [3.8, 4) is 11.5 Å². The van der Waals surface area contributed by atoms with Crippen LogP contribution < -0.4 is 4.87 Å². The van der Waals surface area contributed by atoms with E-state index in [-0.39, 0.29) is 11.4 Å². The zero-order valence-corrected chi connectivity index (χ0v) is 11.7. The van der Waals surface area contributed by atoms with E-state index in [0.717, 1.165) is 16.9 Å². The van der Waals surface area contributed by atoms with E-state index in [4.69, 9.17) is 4.52 Å². The Balaban J connectivity index is 1.87. The molecule has 7 nitrogen and oxygen atoms in total. The number of aryl methyl sites for hydroxylation is 2. The molecule has 3 heterocycles. The molecule has 0 amide bonds. The second-order valence-electron chi connectivity index (χ2n) is 4.27. The first-order chi connectivity index (χ1) is 9.61. The fourth-order valence-corrected chi connectivity index (χ4v) is 2.32. The standard InChI is InChI=1S/C12H11N5O2S/c1-7-3-4-13-9(5-7)11-14-10(19-16-11)6-17-12(18)20-8(2)15-17/h3-5H,6H2,1-2H3. The molecule has 3 aromatic heterocycles.